The SMILES string of the molecule is CCCn1nncc1C(=O)c1ccc(F)c(Cl)c1. The van der Waals surface area contributed by atoms with Crippen molar-refractivity contribution in [3.8, 4) is 0 Å². The minimum absolute atomic E-state index is 0.0737. The Morgan fingerprint density at radius 2 is 2.28 bits per heavy atom. The maximum Gasteiger partial charge on any atom is 0.212 e. The van der Waals surface area contributed by atoms with Crippen molar-refractivity contribution in [2.45, 2.75) is 19.9 Å². The first-order valence-electron chi connectivity index (χ1n) is 5.51. The fourth-order valence-electron chi connectivity index (χ4n) is 1.60. The lowest BCUT2D eigenvalue weighted by molar-refractivity contribution is 0.102. The standard InChI is InChI=1S/C12H11ClFN3O/c1-2-5-17-11(7-15-16-17)12(18)8-3-4-10(14)9(13)6-8/h3-4,6-7H,2,5H2,1H3. The van der Waals surface area contributed by atoms with Crippen molar-refractivity contribution >= 4 is 17.4 Å². The van der Waals surface area contributed by atoms with E-state index in [9.17, 15) is 9.18 Å². The van der Waals surface area contributed by atoms with Gasteiger partial charge in [-0.05, 0) is 24.6 Å². The van der Waals surface area contributed by atoms with E-state index in [1.54, 1.807) is 0 Å². The van der Waals surface area contributed by atoms with Crippen LogP contribution in [-0.2, 0) is 6.54 Å². The average Bonchev–Trinajstić information content (AvgIpc) is 2.80. The van der Waals surface area contributed by atoms with Crippen LogP contribution in [0.5, 0.6) is 0 Å². The Kier molecular flexibility index (Phi) is 3.72. The number of nitrogens with zero attached hydrogens (tertiary/aromatic N) is 3. The van der Waals surface area contributed by atoms with Gasteiger partial charge in [-0.1, -0.05) is 23.7 Å². The fourth-order valence-corrected chi connectivity index (χ4v) is 1.78. The molecule has 2 rings (SSSR count). The summed E-state index contributed by atoms with van der Waals surface area (Å²) in [7, 11) is 0. The molecule has 94 valence electrons. The molecule has 2 aromatic rings. The second kappa shape index (κ2) is 5.27. The van der Waals surface area contributed by atoms with Crippen LogP contribution in [0.25, 0.3) is 0 Å². The van der Waals surface area contributed by atoms with Gasteiger partial charge in [0.15, 0.2) is 0 Å². The molecule has 0 radical (unpaired) electrons. The molecule has 0 aliphatic carbocycles. The van der Waals surface area contributed by atoms with E-state index in [1.807, 2.05) is 6.92 Å². The van der Waals surface area contributed by atoms with Gasteiger partial charge in [-0.3, -0.25) is 4.79 Å². The molecule has 0 amide bonds. The van der Waals surface area contributed by atoms with Crippen LogP contribution in [0.3, 0.4) is 0 Å². The topological polar surface area (TPSA) is 47.8 Å². The third-order valence-corrected chi connectivity index (χ3v) is 2.76. The van der Waals surface area contributed by atoms with Crippen molar-refractivity contribution in [1.29, 1.82) is 0 Å². The number of benzene rings is 1. The van der Waals surface area contributed by atoms with Gasteiger partial charge in [0.2, 0.25) is 5.78 Å². The maximum atomic E-state index is 13.0. The number of aryl methyl sites for hydroxylation is 1. The van der Waals surface area contributed by atoms with E-state index in [1.165, 1.54) is 29.1 Å². The molecular weight excluding hydrogens is 257 g/mol. The van der Waals surface area contributed by atoms with E-state index in [2.05, 4.69) is 10.3 Å². The lowest BCUT2D eigenvalue weighted by Gasteiger charge is -2.04. The number of halogens is 2. The zero-order chi connectivity index (χ0) is 13.1. The van der Waals surface area contributed by atoms with Gasteiger partial charge in [-0.15, -0.1) is 5.10 Å². The normalized spacial score (nSPS) is 10.6. The predicted molar refractivity (Wildman–Crippen MR) is 65.2 cm³/mol. The van der Waals surface area contributed by atoms with E-state index in [0.29, 0.717) is 17.8 Å². The van der Waals surface area contributed by atoms with Crippen molar-refractivity contribution in [2.75, 3.05) is 0 Å². The second-order valence-corrected chi connectivity index (χ2v) is 4.21. The Bertz CT molecular complexity index is 582. The largest absolute Gasteiger partial charge is 0.287 e. The third-order valence-electron chi connectivity index (χ3n) is 2.47. The summed E-state index contributed by atoms with van der Waals surface area (Å²) in [4.78, 5) is 12.2. The number of carbonyl (C=O) groups excluding carboxylic acids is 1. The van der Waals surface area contributed by atoms with Gasteiger partial charge < -0.3 is 0 Å². The monoisotopic (exact) mass is 267 g/mol. The van der Waals surface area contributed by atoms with E-state index in [-0.39, 0.29) is 10.8 Å². The number of aromatic nitrogens is 3. The highest BCUT2D eigenvalue weighted by Gasteiger charge is 2.16. The summed E-state index contributed by atoms with van der Waals surface area (Å²) in [5, 5.41) is 7.47. The van der Waals surface area contributed by atoms with Gasteiger partial charge in [0.1, 0.15) is 11.5 Å². The molecule has 1 heterocycles. The molecule has 4 nitrogen and oxygen atoms in total. The Labute approximate surface area is 108 Å². The van der Waals surface area contributed by atoms with Crippen molar-refractivity contribution in [1.82, 2.24) is 15.0 Å². The molecule has 0 N–H and O–H groups in total. The molecule has 18 heavy (non-hydrogen) atoms. The fraction of sp³-hybridized carbons (Fsp3) is 0.250. The van der Waals surface area contributed by atoms with E-state index in [0.717, 1.165) is 6.42 Å². The summed E-state index contributed by atoms with van der Waals surface area (Å²) in [5.74, 6) is -0.816. The first-order valence-corrected chi connectivity index (χ1v) is 5.89. The molecule has 0 atom stereocenters. The molecule has 0 saturated carbocycles. The van der Waals surface area contributed by atoms with Crippen LogP contribution in [0.2, 0.25) is 5.02 Å². The number of carbonyl (C=O) groups is 1. The summed E-state index contributed by atoms with van der Waals surface area (Å²) in [6.07, 6.45) is 2.24. The van der Waals surface area contributed by atoms with Crippen LogP contribution in [0.4, 0.5) is 4.39 Å². The Hall–Kier alpha value is -1.75. The van der Waals surface area contributed by atoms with Crippen LogP contribution < -0.4 is 0 Å². The molecule has 1 aromatic carbocycles. The van der Waals surface area contributed by atoms with Crippen molar-refractivity contribution in [3.05, 3.63) is 46.5 Å². The van der Waals surface area contributed by atoms with E-state index >= 15 is 0 Å². The molecule has 0 spiro atoms. The molecule has 6 heteroatoms. The molecule has 0 aliphatic rings. The molecule has 1 aromatic heterocycles. The van der Waals surface area contributed by atoms with Crippen molar-refractivity contribution < 1.29 is 9.18 Å². The minimum Gasteiger partial charge on any atom is -0.287 e. The third kappa shape index (κ3) is 2.41. The summed E-state index contributed by atoms with van der Waals surface area (Å²) in [6, 6.07) is 3.87. The lowest BCUT2D eigenvalue weighted by Crippen LogP contribution is -2.11. The van der Waals surface area contributed by atoms with Crippen LogP contribution in [0.1, 0.15) is 29.4 Å². The van der Waals surface area contributed by atoms with Crippen LogP contribution >= 0.6 is 11.6 Å². The Morgan fingerprint density at radius 1 is 1.50 bits per heavy atom. The first-order chi connectivity index (χ1) is 8.63. The van der Waals surface area contributed by atoms with E-state index < -0.39 is 5.82 Å². The number of rotatable bonds is 4. The molecule has 0 bridgehead atoms. The Balaban J connectivity index is 2.35. The summed E-state index contributed by atoms with van der Waals surface area (Å²) in [6.45, 7) is 2.58. The second-order valence-electron chi connectivity index (χ2n) is 3.80. The number of ketones is 1. The summed E-state index contributed by atoms with van der Waals surface area (Å²) >= 11 is 5.65. The van der Waals surface area contributed by atoms with Crippen molar-refractivity contribution in [2.24, 2.45) is 0 Å². The quantitative estimate of drug-likeness (QED) is 0.800. The van der Waals surface area contributed by atoms with Crippen LogP contribution in [0.15, 0.2) is 24.4 Å². The number of hydrogen-bond donors (Lipinski definition) is 0. The molecular formula is C12H11ClFN3O. The van der Waals surface area contributed by atoms with Gasteiger partial charge in [0.05, 0.1) is 11.2 Å². The Morgan fingerprint density at radius 3 is 2.94 bits per heavy atom. The zero-order valence-electron chi connectivity index (χ0n) is 9.73. The predicted octanol–water partition coefficient (Wildman–Crippen LogP) is 2.71. The molecule has 0 saturated heterocycles. The maximum absolute atomic E-state index is 13.0. The van der Waals surface area contributed by atoms with Gasteiger partial charge in [-0.25, -0.2) is 9.07 Å². The average molecular weight is 268 g/mol. The molecule has 0 aliphatic heterocycles. The van der Waals surface area contributed by atoms with Crippen LogP contribution in [0, 0.1) is 5.82 Å². The highest BCUT2D eigenvalue weighted by atomic mass is 35.5. The number of hydrogen-bond acceptors (Lipinski definition) is 3. The van der Waals surface area contributed by atoms with Gasteiger partial charge >= 0.3 is 0 Å². The summed E-state index contributed by atoms with van der Waals surface area (Å²) in [5.41, 5.74) is 0.695. The van der Waals surface area contributed by atoms with Crippen LogP contribution in [-0.4, -0.2) is 20.8 Å². The highest BCUT2D eigenvalue weighted by Crippen LogP contribution is 2.18. The summed E-state index contributed by atoms with van der Waals surface area (Å²) < 4.78 is 14.6. The van der Waals surface area contributed by atoms with Gasteiger partial charge in [-0.2, -0.15) is 0 Å². The lowest BCUT2D eigenvalue weighted by atomic mass is 10.1. The zero-order valence-corrected chi connectivity index (χ0v) is 10.5. The van der Waals surface area contributed by atoms with E-state index in [4.69, 9.17) is 11.6 Å². The smallest absolute Gasteiger partial charge is 0.212 e. The first kappa shape index (κ1) is 12.7. The molecule has 0 unspecified atom stereocenters. The molecule has 0 fully saturated rings. The van der Waals surface area contributed by atoms with Gasteiger partial charge in [0, 0.05) is 12.1 Å². The highest BCUT2D eigenvalue weighted by molar-refractivity contribution is 6.31. The van der Waals surface area contributed by atoms with Crippen molar-refractivity contribution in [3.63, 3.8) is 0 Å². The minimum atomic E-state index is -0.548. The van der Waals surface area contributed by atoms with Gasteiger partial charge in [0.25, 0.3) is 0 Å².